The second-order valence-corrected chi connectivity index (χ2v) is 3.42. The number of hydrogen-bond donors (Lipinski definition) is 2. The average Bonchev–Trinajstić information content (AvgIpc) is 2.75. The number of hydrogen-bond acceptors (Lipinski definition) is 3. The molecule has 1 aromatic rings. The summed E-state index contributed by atoms with van der Waals surface area (Å²) >= 11 is 0. The first-order valence-corrected chi connectivity index (χ1v) is 5.40. The molecule has 0 atom stereocenters. The molecule has 0 radical (unpaired) electrons. The number of amides is 1. The Morgan fingerprint density at radius 3 is 2.50 bits per heavy atom. The minimum atomic E-state index is -0.157. The highest BCUT2D eigenvalue weighted by Gasteiger charge is 2.17. The second kappa shape index (κ2) is 6.30. The Bertz CT molecular complexity index is 330. The van der Waals surface area contributed by atoms with Gasteiger partial charge in [0.05, 0.1) is 13.2 Å². The van der Waals surface area contributed by atoms with Crippen molar-refractivity contribution in [2.24, 2.45) is 0 Å². The van der Waals surface area contributed by atoms with E-state index in [1.165, 1.54) is 4.90 Å². The molecule has 0 aromatic carbocycles. The summed E-state index contributed by atoms with van der Waals surface area (Å²) in [6.45, 7) is 2.97. The zero-order valence-electron chi connectivity index (χ0n) is 9.46. The van der Waals surface area contributed by atoms with Gasteiger partial charge >= 0.3 is 0 Å². The quantitative estimate of drug-likeness (QED) is 0.714. The Labute approximate surface area is 94.9 Å². The van der Waals surface area contributed by atoms with Crippen LogP contribution in [0.3, 0.4) is 0 Å². The SMILES string of the molecule is CCn1cccc1C(=O)N(CCO)CCO. The molecule has 0 saturated carbocycles. The predicted octanol–water partition coefficient (Wildman–Crippen LogP) is -0.0652. The third kappa shape index (κ3) is 2.84. The lowest BCUT2D eigenvalue weighted by Gasteiger charge is -2.21. The highest BCUT2D eigenvalue weighted by Crippen LogP contribution is 2.06. The van der Waals surface area contributed by atoms with Crippen LogP contribution in [0, 0.1) is 0 Å². The van der Waals surface area contributed by atoms with Crippen LogP contribution >= 0.6 is 0 Å². The van der Waals surface area contributed by atoms with Crippen molar-refractivity contribution in [3.8, 4) is 0 Å². The Hall–Kier alpha value is -1.33. The summed E-state index contributed by atoms with van der Waals surface area (Å²) < 4.78 is 1.84. The van der Waals surface area contributed by atoms with Crippen LogP contribution in [-0.2, 0) is 6.54 Å². The van der Waals surface area contributed by atoms with Gasteiger partial charge in [-0.3, -0.25) is 4.79 Å². The lowest BCUT2D eigenvalue weighted by atomic mass is 10.3. The number of aromatic nitrogens is 1. The lowest BCUT2D eigenvalue weighted by molar-refractivity contribution is 0.0674. The van der Waals surface area contributed by atoms with Crippen molar-refractivity contribution in [2.75, 3.05) is 26.3 Å². The summed E-state index contributed by atoms with van der Waals surface area (Å²) in [6.07, 6.45) is 1.84. The maximum atomic E-state index is 12.0. The molecule has 5 heteroatoms. The molecule has 0 bridgehead atoms. The number of rotatable bonds is 6. The van der Waals surface area contributed by atoms with Gasteiger partial charge in [0.25, 0.3) is 5.91 Å². The summed E-state index contributed by atoms with van der Waals surface area (Å²) in [5, 5.41) is 17.7. The number of aryl methyl sites for hydroxylation is 1. The molecule has 0 unspecified atom stereocenters. The molecular weight excluding hydrogens is 208 g/mol. The summed E-state index contributed by atoms with van der Waals surface area (Å²) in [4.78, 5) is 13.5. The number of nitrogens with zero attached hydrogens (tertiary/aromatic N) is 2. The summed E-state index contributed by atoms with van der Waals surface area (Å²) in [5.74, 6) is -0.157. The molecule has 16 heavy (non-hydrogen) atoms. The van der Waals surface area contributed by atoms with Gasteiger partial charge in [-0.1, -0.05) is 0 Å². The Balaban J connectivity index is 2.81. The van der Waals surface area contributed by atoms with Crippen LogP contribution in [0.2, 0.25) is 0 Å². The molecule has 2 N–H and O–H groups in total. The van der Waals surface area contributed by atoms with Crippen LogP contribution in [0.1, 0.15) is 17.4 Å². The highest BCUT2D eigenvalue weighted by atomic mass is 16.3. The minimum absolute atomic E-state index is 0.0986. The number of aliphatic hydroxyl groups is 2. The third-order valence-electron chi connectivity index (χ3n) is 2.42. The van der Waals surface area contributed by atoms with E-state index in [0.717, 1.165) is 6.54 Å². The molecule has 0 spiro atoms. The number of carbonyl (C=O) groups excluding carboxylic acids is 1. The van der Waals surface area contributed by atoms with Gasteiger partial charge in [0.2, 0.25) is 0 Å². The van der Waals surface area contributed by atoms with E-state index in [1.54, 1.807) is 6.07 Å². The van der Waals surface area contributed by atoms with Crippen molar-refractivity contribution in [3.05, 3.63) is 24.0 Å². The van der Waals surface area contributed by atoms with E-state index >= 15 is 0 Å². The fourth-order valence-electron chi connectivity index (χ4n) is 1.60. The lowest BCUT2D eigenvalue weighted by Crippen LogP contribution is -2.36. The van der Waals surface area contributed by atoms with Crippen molar-refractivity contribution in [2.45, 2.75) is 13.5 Å². The van der Waals surface area contributed by atoms with Gasteiger partial charge in [-0.15, -0.1) is 0 Å². The first-order valence-electron chi connectivity index (χ1n) is 5.40. The van der Waals surface area contributed by atoms with Crippen LogP contribution in [0.4, 0.5) is 0 Å². The first kappa shape index (κ1) is 12.7. The van der Waals surface area contributed by atoms with Crippen LogP contribution in [0.25, 0.3) is 0 Å². The van der Waals surface area contributed by atoms with Gasteiger partial charge in [-0.05, 0) is 19.1 Å². The Morgan fingerprint density at radius 2 is 2.00 bits per heavy atom. The van der Waals surface area contributed by atoms with Crippen molar-refractivity contribution >= 4 is 5.91 Å². The van der Waals surface area contributed by atoms with Crippen molar-refractivity contribution in [1.29, 1.82) is 0 Å². The van der Waals surface area contributed by atoms with Crippen LogP contribution < -0.4 is 0 Å². The number of aliphatic hydroxyl groups excluding tert-OH is 2. The number of carbonyl (C=O) groups is 1. The molecule has 1 aromatic heterocycles. The third-order valence-corrected chi connectivity index (χ3v) is 2.42. The molecule has 0 aliphatic heterocycles. The van der Waals surface area contributed by atoms with E-state index in [1.807, 2.05) is 23.8 Å². The summed E-state index contributed by atoms with van der Waals surface area (Å²) in [7, 11) is 0. The van der Waals surface area contributed by atoms with Crippen molar-refractivity contribution < 1.29 is 15.0 Å². The van der Waals surface area contributed by atoms with Crippen LogP contribution in [0.5, 0.6) is 0 Å². The Kier molecular flexibility index (Phi) is 5.01. The van der Waals surface area contributed by atoms with Gasteiger partial charge < -0.3 is 19.7 Å². The van der Waals surface area contributed by atoms with E-state index < -0.39 is 0 Å². The van der Waals surface area contributed by atoms with Crippen LogP contribution in [-0.4, -0.2) is 51.9 Å². The summed E-state index contributed by atoms with van der Waals surface area (Å²) in [6, 6.07) is 3.56. The molecule has 0 saturated heterocycles. The smallest absolute Gasteiger partial charge is 0.270 e. The zero-order chi connectivity index (χ0) is 12.0. The zero-order valence-corrected chi connectivity index (χ0v) is 9.46. The molecule has 0 aliphatic rings. The Morgan fingerprint density at radius 1 is 1.38 bits per heavy atom. The maximum Gasteiger partial charge on any atom is 0.270 e. The van der Waals surface area contributed by atoms with E-state index in [2.05, 4.69) is 0 Å². The minimum Gasteiger partial charge on any atom is -0.395 e. The van der Waals surface area contributed by atoms with Gasteiger partial charge in [-0.2, -0.15) is 0 Å². The predicted molar refractivity (Wildman–Crippen MR) is 60.2 cm³/mol. The van der Waals surface area contributed by atoms with E-state index in [4.69, 9.17) is 10.2 Å². The molecule has 0 fully saturated rings. The van der Waals surface area contributed by atoms with Gasteiger partial charge in [-0.25, -0.2) is 0 Å². The normalized spacial score (nSPS) is 10.4. The molecule has 0 aliphatic carbocycles. The first-order chi connectivity index (χ1) is 7.74. The van der Waals surface area contributed by atoms with E-state index in [9.17, 15) is 4.79 Å². The van der Waals surface area contributed by atoms with Gasteiger partial charge in [0, 0.05) is 25.8 Å². The van der Waals surface area contributed by atoms with E-state index in [-0.39, 0.29) is 32.2 Å². The van der Waals surface area contributed by atoms with Crippen molar-refractivity contribution in [1.82, 2.24) is 9.47 Å². The van der Waals surface area contributed by atoms with Gasteiger partial charge in [0.15, 0.2) is 0 Å². The topological polar surface area (TPSA) is 65.7 Å². The second-order valence-electron chi connectivity index (χ2n) is 3.42. The fraction of sp³-hybridized carbons (Fsp3) is 0.545. The molecule has 5 nitrogen and oxygen atoms in total. The molecule has 1 amide bonds. The largest absolute Gasteiger partial charge is 0.395 e. The summed E-state index contributed by atoms with van der Waals surface area (Å²) in [5.41, 5.74) is 0.587. The average molecular weight is 226 g/mol. The molecule has 1 rings (SSSR count). The molecule has 90 valence electrons. The van der Waals surface area contributed by atoms with Crippen LogP contribution in [0.15, 0.2) is 18.3 Å². The van der Waals surface area contributed by atoms with E-state index in [0.29, 0.717) is 5.69 Å². The standard InChI is InChI=1S/C11H18N2O3/c1-2-12-5-3-4-10(12)11(16)13(6-8-14)7-9-15/h3-5,14-15H,2,6-9H2,1H3. The molecule has 1 heterocycles. The molecular formula is C11H18N2O3. The van der Waals surface area contributed by atoms with Crippen molar-refractivity contribution in [3.63, 3.8) is 0 Å². The highest BCUT2D eigenvalue weighted by molar-refractivity contribution is 5.92. The van der Waals surface area contributed by atoms with Gasteiger partial charge in [0.1, 0.15) is 5.69 Å². The fourth-order valence-corrected chi connectivity index (χ4v) is 1.60. The monoisotopic (exact) mass is 226 g/mol. The maximum absolute atomic E-state index is 12.0.